The van der Waals surface area contributed by atoms with E-state index < -0.39 is 35.1 Å². The van der Waals surface area contributed by atoms with Gasteiger partial charge in [-0.1, -0.05) is 17.7 Å². The number of hydrogen-bond donors (Lipinski definition) is 1. The fourth-order valence-corrected chi connectivity index (χ4v) is 5.72. The van der Waals surface area contributed by atoms with E-state index in [1.54, 1.807) is 54.6 Å². The number of anilines is 3. The Balaban J connectivity index is 1.31. The molecule has 1 fully saturated rings. The highest BCUT2D eigenvalue weighted by Crippen LogP contribution is 2.39. The van der Waals surface area contributed by atoms with E-state index in [1.807, 2.05) is 26.8 Å². The first-order chi connectivity index (χ1) is 21.6. The molecule has 3 aromatic rings. The molecule has 13 heteroatoms. The summed E-state index contributed by atoms with van der Waals surface area (Å²) in [5, 5.41) is 2.74. The predicted molar refractivity (Wildman–Crippen MR) is 170 cm³/mol. The van der Waals surface area contributed by atoms with Gasteiger partial charge in [0.25, 0.3) is 15.9 Å². The summed E-state index contributed by atoms with van der Waals surface area (Å²) in [4.78, 5) is 27.3. The summed E-state index contributed by atoms with van der Waals surface area (Å²) in [6.45, 7) is 8.04. The molecule has 0 bridgehead atoms. The summed E-state index contributed by atoms with van der Waals surface area (Å²) < 4.78 is 54.7. The van der Waals surface area contributed by atoms with E-state index in [1.165, 1.54) is 11.4 Å². The topological polar surface area (TPSA) is 133 Å². The molecule has 1 saturated heterocycles. The van der Waals surface area contributed by atoms with Gasteiger partial charge in [-0.25, -0.2) is 13.2 Å². The molecule has 45 heavy (non-hydrogen) atoms. The molecule has 1 amide bonds. The van der Waals surface area contributed by atoms with E-state index in [0.717, 1.165) is 11.3 Å². The van der Waals surface area contributed by atoms with Crippen molar-refractivity contribution >= 4 is 39.0 Å². The lowest BCUT2D eigenvalue weighted by atomic mass is 10.2. The number of amides is 1. The normalized spacial score (nSPS) is 13.1. The maximum Gasteiger partial charge on any atom is 0.344 e. The zero-order valence-electron chi connectivity index (χ0n) is 25.9. The number of carbonyl (C=O) groups excluding carboxylic acids is 2. The third kappa shape index (κ3) is 8.79. The number of sulfonamides is 1. The minimum absolute atomic E-state index is 0.177. The molecular weight excluding hydrogens is 602 g/mol. The van der Waals surface area contributed by atoms with Crippen LogP contribution in [0.5, 0.6) is 17.2 Å². The van der Waals surface area contributed by atoms with Gasteiger partial charge in [0.1, 0.15) is 17.2 Å². The van der Waals surface area contributed by atoms with E-state index in [9.17, 15) is 18.0 Å². The molecule has 4 rings (SSSR count). The van der Waals surface area contributed by atoms with Crippen LogP contribution in [0.3, 0.4) is 0 Å². The van der Waals surface area contributed by atoms with Crippen LogP contribution >= 0.6 is 0 Å². The number of benzene rings is 3. The quantitative estimate of drug-likeness (QED) is 0.258. The molecule has 12 nitrogen and oxygen atoms in total. The number of aryl methyl sites for hydroxylation is 1. The lowest BCUT2D eigenvalue weighted by Gasteiger charge is -2.31. The molecule has 0 spiro atoms. The first-order valence-electron chi connectivity index (χ1n) is 14.6. The number of nitrogens with one attached hydrogen (secondary N) is 1. The van der Waals surface area contributed by atoms with E-state index in [2.05, 4.69) is 10.2 Å². The molecule has 0 radical (unpaired) electrons. The van der Waals surface area contributed by atoms with Crippen LogP contribution in [-0.2, 0) is 29.1 Å². The van der Waals surface area contributed by atoms with Crippen LogP contribution in [0, 0.1) is 6.92 Å². The minimum Gasteiger partial charge on any atom is -0.492 e. The Morgan fingerprint density at radius 2 is 1.53 bits per heavy atom. The maximum atomic E-state index is 12.9. The van der Waals surface area contributed by atoms with Crippen molar-refractivity contribution in [2.24, 2.45) is 0 Å². The molecule has 0 unspecified atom stereocenters. The zero-order chi connectivity index (χ0) is 32.4. The second kappa shape index (κ2) is 15.5. The van der Waals surface area contributed by atoms with Crippen LogP contribution in [0.15, 0.2) is 65.6 Å². The van der Waals surface area contributed by atoms with E-state index in [4.69, 9.17) is 23.7 Å². The second-order valence-corrected chi connectivity index (χ2v) is 12.0. The van der Waals surface area contributed by atoms with Gasteiger partial charge in [-0.05, 0) is 57.2 Å². The molecule has 1 N–H and O–H groups in total. The van der Waals surface area contributed by atoms with Crippen molar-refractivity contribution in [1.29, 1.82) is 0 Å². The number of morpholine rings is 1. The van der Waals surface area contributed by atoms with Crippen LogP contribution in [0.2, 0.25) is 0 Å². The Morgan fingerprint density at radius 3 is 2.18 bits per heavy atom. The average Bonchev–Trinajstić information content (AvgIpc) is 3.04. The largest absolute Gasteiger partial charge is 0.492 e. The smallest absolute Gasteiger partial charge is 0.344 e. The predicted octanol–water partition coefficient (Wildman–Crippen LogP) is 4.01. The van der Waals surface area contributed by atoms with Crippen LogP contribution in [-0.4, -0.2) is 80.1 Å². The van der Waals surface area contributed by atoms with Crippen molar-refractivity contribution in [3.63, 3.8) is 0 Å². The van der Waals surface area contributed by atoms with Gasteiger partial charge < -0.3 is 33.9 Å². The average molecular weight is 642 g/mol. The SMILES string of the molecule is CCOc1cc(N2CCOCC2)c(OCC)cc1NC(=O)COC(=O)COc1ccc(N(C)S(=O)(=O)c2ccc(C)cc2)cc1. The van der Waals surface area contributed by atoms with Crippen LogP contribution < -0.4 is 28.7 Å². The molecule has 0 atom stereocenters. The molecule has 1 aliphatic heterocycles. The summed E-state index contributed by atoms with van der Waals surface area (Å²) >= 11 is 0. The van der Waals surface area contributed by atoms with Gasteiger partial charge in [-0.15, -0.1) is 0 Å². The summed E-state index contributed by atoms with van der Waals surface area (Å²) in [6, 6.07) is 16.3. The lowest BCUT2D eigenvalue weighted by molar-refractivity contribution is -0.149. The van der Waals surface area contributed by atoms with Crippen molar-refractivity contribution in [1.82, 2.24) is 0 Å². The Labute approximate surface area is 263 Å². The number of carbonyl (C=O) groups is 2. The number of hydrogen-bond acceptors (Lipinski definition) is 10. The number of ether oxygens (including phenoxy) is 5. The van der Waals surface area contributed by atoms with Gasteiger partial charge in [-0.2, -0.15) is 0 Å². The van der Waals surface area contributed by atoms with Crippen LogP contribution in [0.1, 0.15) is 19.4 Å². The monoisotopic (exact) mass is 641 g/mol. The van der Waals surface area contributed by atoms with Gasteiger partial charge >= 0.3 is 5.97 Å². The molecule has 0 aromatic heterocycles. The third-order valence-corrected chi connectivity index (χ3v) is 8.69. The molecule has 1 aliphatic rings. The molecule has 1 heterocycles. The Bertz CT molecular complexity index is 1560. The van der Waals surface area contributed by atoms with E-state index in [-0.39, 0.29) is 4.90 Å². The highest BCUT2D eigenvalue weighted by Gasteiger charge is 2.22. The fourth-order valence-electron chi connectivity index (χ4n) is 4.52. The Morgan fingerprint density at radius 1 is 0.889 bits per heavy atom. The molecule has 0 aliphatic carbocycles. The Kier molecular flexibility index (Phi) is 11.5. The van der Waals surface area contributed by atoms with E-state index in [0.29, 0.717) is 68.1 Å². The number of esters is 1. The van der Waals surface area contributed by atoms with Crippen molar-refractivity contribution in [2.75, 3.05) is 74.3 Å². The van der Waals surface area contributed by atoms with Gasteiger partial charge in [-0.3, -0.25) is 9.10 Å². The summed E-state index contributed by atoms with van der Waals surface area (Å²) in [7, 11) is -2.29. The number of rotatable bonds is 14. The summed E-state index contributed by atoms with van der Waals surface area (Å²) in [6.07, 6.45) is 0. The summed E-state index contributed by atoms with van der Waals surface area (Å²) in [5.74, 6) is 0.0650. The van der Waals surface area contributed by atoms with Gasteiger partial charge in [0.2, 0.25) is 0 Å². The maximum absolute atomic E-state index is 12.9. The van der Waals surface area contributed by atoms with Gasteiger partial charge in [0.05, 0.1) is 48.4 Å². The van der Waals surface area contributed by atoms with Crippen LogP contribution in [0.25, 0.3) is 0 Å². The van der Waals surface area contributed by atoms with Crippen molar-refractivity contribution < 1.29 is 41.7 Å². The molecular formula is C32H39N3O9S. The summed E-state index contributed by atoms with van der Waals surface area (Å²) in [5.41, 5.74) is 2.61. The number of nitrogens with zero attached hydrogens (tertiary/aromatic N) is 2. The second-order valence-electron chi connectivity index (χ2n) is 10.1. The highest BCUT2D eigenvalue weighted by atomic mass is 32.2. The fraction of sp³-hybridized carbons (Fsp3) is 0.375. The first kappa shape index (κ1) is 33.4. The Hall–Kier alpha value is -4.49. The van der Waals surface area contributed by atoms with Crippen molar-refractivity contribution in [3.05, 3.63) is 66.2 Å². The highest BCUT2D eigenvalue weighted by molar-refractivity contribution is 7.92. The van der Waals surface area contributed by atoms with Gasteiger partial charge in [0, 0.05) is 32.3 Å². The third-order valence-electron chi connectivity index (χ3n) is 6.89. The molecule has 242 valence electrons. The molecule has 0 saturated carbocycles. The van der Waals surface area contributed by atoms with Gasteiger partial charge in [0.15, 0.2) is 13.2 Å². The zero-order valence-corrected chi connectivity index (χ0v) is 26.7. The molecule has 3 aromatic carbocycles. The lowest BCUT2D eigenvalue weighted by Crippen LogP contribution is -2.36. The van der Waals surface area contributed by atoms with Crippen LogP contribution in [0.4, 0.5) is 17.1 Å². The van der Waals surface area contributed by atoms with Crippen molar-refractivity contribution in [3.8, 4) is 17.2 Å². The van der Waals surface area contributed by atoms with E-state index >= 15 is 0 Å². The first-order valence-corrected chi connectivity index (χ1v) is 16.1. The minimum atomic E-state index is -3.75. The van der Waals surface area contributed by atoms with Crippen molar-refractivity contribution in [2.45, 2.75) is 25.7 Å². The standard InChI is InChI=1S/C32H39N3O9S/c1-5-41-29-20-28(35-15-17-40-18-16-35)30(42-6-2)19-27(29)33-31(36)21-44-32(37)22-43-25-11-9-24(10-12-25)34(4)45(38,39)26-13-7-23(3)8-14-26/h7-14,19-20H,5-6,15-18,21-22H2,1-4H3,(H,33,36).